The van der Waals surface area contributed by atoms with Gasteiger partial charge in [0.05, 0.1) is 11.8 Å². The number of aromatic nitrogens is 1. The van der Waals surface area contributed by atoms with Crippen molar-refractivity contribution < 1.29 is 4.74 Å². The Bertz CT molecular complexity index is 356. The van der Waals surface area contributed by atoms with Crippen LogP contribution in [-0.4, -0.2) is 37.8 Å². The molecule has 1 N–H and O–H groups in total. The minimum atomic E-state index is 0.304. The lowest BCUT2D eigenvalue weighted by Gasteiger charge is -2.24. The molecule has 0 aromatic carbocycles. The van der Waals surface area contributed by atoms with E-state index in [0.29, 0.717) is 6.10 Å². The standard InChI is InChI=1S/C13H21N3O/c1-11-10-16(6-3-7-17-11)13-4-5-15-12(8-13)9-14-2/h4-5,8,11,14H,3,6-7,9-10H2,1-2H3. The maximum Gasteiger partial charge on any atom is 0.0721 e. The number of nitrogens with one attached hydrogen (secondary N) is 1. The lowest BCUT2D eigenvalue weighted by atomic mass is 10.2. The molecule has 17 heavy (non-hydrogen) atoms. The van der Waals surface area contributed by atoms with Gasteiger partial charge in [0.2, 0.25) is 0 Å². The zero-order chi connectivity index (χ0) is 12.1. The highest BCUT2D eigenvalue weighted by molar-refractivity contribution is 5.46. The maximum atomic E-state index is 5.66. The van der Waals surface area contributed by atoms with Gasteiger partial charge in [-0.2, -0.15) is 0 Å². The highest BCUT2D eigenvalue weighted by atomic mass is 16.5. The Hall–Kier alpha value is -1.13. The molecule has 0 aliphatic carbocycles. The third-order valence-electron chi connectivity index (χ3n) is 2.98. The minimum absolute atomic E-state index is 0.304. The van der Waals surface area contributed by atoms with Crippen molar-refractivity contribution in [2.75, 3.05) is 31.6 Å². The van der Waals surface area contributed by atoms with Gasteiger partial charge in [-0.05, 0) is 32.5 Å². The van der Waals surface area contributed by atoms with E-state index < -0.39 is 0 Å². The van der Waals surface area contributed by atoms with Crippen molar-refractivity contribution in [2.45, 2.75) is 26.0 Å². The van der Waals surface area contributed by atoms with Crippen molar-refractivity contribution in [3.05, 3.63) is 24.0 Å². The Balaban J connectivity index is 2.11. The molecule has 1 atom stereocenters. The van der Waals surface area contributed by atoms with Crippen molar-refractivity contribution in [2.24, 2.45) is 0 Å². The van der Waals surface area contributed by atoms with Gasteiger partial charge >= 0.3 is 0 Å². The Labute approximate surface area is 103 Å². The van der Waals surface area contributed by atoms with Crippen LogP contribution in [0.2, 0.25) is 0 Å². The molecule has 1 saturated heterocycles. The third kappa shape index (κ3) is 3.41. The second-order valence-electron chi connectivity index (χ2n) is 4.52. The van der Waals surface area contributed by atoms with E-state index in [-0.39, 0.29) is 0 Å². The summed E-state index contributed by atoms with van der Waals surface area (Å²) in [4.78, 5) is 6.73. The molecule has 0 saturated carbocycles. The number of rotatable bonds is 3. The third-order valence-corrected chi connectivity index (χ3v) is 2.98. The molecule has 4 heteroatoms. The second-order valence-corrected chi connectivity index (χ2v) is 4.52. The number of hydrogen-bond donors (Lipinski definition) is 1. The molecule has 1 unspecified atom stereocenters. The first-order valence-electron chi connectivity index (χ1n) is 6.25. The first-order chi connectivity index (χ1) is 8.29. The summed E-state index contributed by atoms with van der Waals surface area (Å²) in [5.74, 6) is 0. The van der Waals surface area contributed by atoms with Crippen LogP contribution in [0.25, 0.3) is 0 Å². The predicted molar refractivity (Wildman–Crippen MR) is 69.2 cm³/mol. The van der Waals surface area contributed by atoms with Crippen LogP contribution in [0.1, 0.15) is 19.0 Å². The molecule has 1 aromatic rings. The molecule has 94 valence electrons. The minimum Gasteiger partial charge on any atom is -0.377 e. The van der Waals surface area contributed by atoms with Crippen LogP contribution in [0, 0.1) is 0 Å². The molecule has 0 amide bonds. The fourth-order valence-corrected chi connectivity index (χ4v) is 2.17. The van der Waals surface area contributed by atoms with Crippen LogP contribution in [0.4, 0.5) is 5.69 Å². The van der Waals surface area contributed by atoms with Gasteiger partial charge in [0, 0.05) is 38.1 Å². The molecule has 0 spiro atoms. The zero-order valence-corrected chi connectivity index (χ0v) is 10.6. The van der Waals surface area contributed by atoms with Crippen LogP contribution < -0.4 is 10.2 Å². The van der Waals surface area contributed by atoms with Crippen LogP contribution in [-0.2, 0) is 11.3 Å². The topological polar surface area (TPSA) is 37.4 Å². The van der Waals surface area contributed by atoms with Gasteiger partial charge in [0.1, 0.15) is 0 Å². The maximum absolute atomic E-state index is 5.66. The van der Waals surface area contributed by atoms with Crippen molar-refractivity contribution in [3.8, 4) is 0 Å². The molecule has 2 heterocycles. The largest absolute Gasteiger partial charge is 0.377 e. The van der Waals surface area contributed by atoms with E-state index in [1.54, 1.807) is 0 Å². The SMILES string of the molecule is CNCc1cc(N2CCCOC(C)C2)ccn1. The molecule has 1 fully saturated rings. The average molecular weight is 235 g/mol. The average Bonchev–Trinajstić information content (AvgIpc) is 2.55. The number of ether oxygens (including phenoxy) is 1. The van der Waals surface area contributed by atoms with Crippen LogP contribution >= 0.6 is 0 Å². The fraction of sp³-hybridized carbons (Fsp3) is 0.615. The van der Waals surface area contributed by atoms with Gasteiger partial charge in [0.15, 0.2) is 0 Å². The number of nitrogens with zero attached hydrogens (tertiary/aromatic N) is 2. The summed E-state index contributed by atoms with van der Waals surface area (Å²) in [6.45, 7) is 5.84. The molecule has 0 radical (unpaired) electrons. The smallest absolute Gasteiger partial charge is 0.0721 e. The highest BCUT2D eigenvalue weighted by Crippen LogP contribution is 2.18. The summed E-state index contributed by atoms with van der Waals surface area (Å²) in [5.41, 5.74) is 2.34. The summed E-state index contributed by atoms with van der Waals surface area (Å²) in [7, 11) is 1.94. The van der Waals surface area contributed by atoms with Crippen LogP contribution in [0.15, 0.2) is 18.3 Å². The quantitative estimate of drug-likeness (QED) is 0.859. The van der Waals surface area contributed by atoms with E-state index in [0.717, 1.165) is 38.4 Å². The van der Waals surface area contributed by atoms with Crippen molar-refractivity contribution in [1.29, 1.82) is 0 Å². The van der Waals surface area contributed by atoms with E-state index in [1.165, 1.54) is 5.69 Å². The normalized spacial score (nSPS) is 21.3. The molecule has 1 aromatic heterocycles. The Morgan fingerprint density at radius 2 is 2.47 bits per heavy atom. The van der Waals surface area contributed by atoms with Gasteiger partial charge in [-0.3, -0.25) is 4.98 Å². The van der Waals surface area contributed by atoms with E-state index in [2.05, 4.69) is 34.3 Å². The second kappa shape index (κ2) is 5.98. The van der Waals surface area contributed by atoms with Gasteiger partial charge in [-0.1, -0.05) is 0 Å². The summed E-state index contributed by atoms with van der Waals surface area (Å²) >= 11 is 0. The molecule has 2 rings (SSSR count). The lowest BCUT2D eigenvalue weighted by Crippen LogP contribution is -2.30. The number of anilines is 1. The van der Waals surface area contributed by atoms with Crippen LogP contribution in [0.3, 0.4) is 0 Å². The van der Waals surface area contributed by atoms with E-state index >= 15 is 0 Å². The van der Waals surface area contributed by atoms with Gasteiger partial charge < -0.3 is 15.0 Å². The first kappa shape index (κ1) is 12.3. The van der Waals surface area contributed by atoms with Gasteiger partial charge in [-0.25, -0.2) is 0 Å². The Morgan fingerprint density at radius 3 is 3.29 bits per heavy atom. The van der Waals surface area contributed by atoms with E-state index in [1.807, 2.05) is 13.2 Å². The molecule has 4 nitrogen and oxygen atoms in total. The summed E-state index contributed by atoms with van der Waals surface area (Å²) < 4.78 is 5.66. The highest BCUT2D eigenvalue weighted by Gasteiger charge is 2.15. The van der Waals surface area contributed by atoms with Gasteiger partial charge in [0.25, 0.3) is 0 Å². The summed E-state index contributed by atoms with van der Waals surface area (Å²) in [6.07, 6.45) is 3.28. The van der Waals surface area contributed by atoms with E-state index in [4.69, 9.17) is 4.74 Å². The summed E-state index contributed by atoms with van der Waals surface area (Å²) in [6, 6.07) is 4.24. The van der Waals surface area contributed by atoms with Crippen molar-refractivity contribution in [3.63, 3.8) is 0 Å². The summed E-state index contributed by atoms with van der Waals surface area (Å²) in [5, 5.41) is 3.13. The number of hydrogen-bond acceptors (Lipinski definition) is 4. The Morgan fingerprint density at radius 1 is 1.59 bits per heavy atom. The fourth-order valence-electron chi connectivity index (χ4n) is 2.17. The van der Waals surface area contributed by atoms with Gasteiger partial charge in [-0.15, -0.1) is 0 Å². The molecule has 1 aliphatic heterocycles. The molecular formula is C13H21N3O. The predicted octanol–water partition coefficient (Wildman–Crippen LogP) is 1.42. The lowest BCUT2D eigenvalue weighted by molar-refractivity contribution is 0.0821. The monoisotopic (exact) mass is 235 g/mol. The van der Waals surface area contributed by atoms with Crippen molar-refractivity contribution in [1.82, 2.24) is 10.3 Å². The van der Waals surface area contributed by atoms with E-state index in [9.17, 15) is 0 Å². The molecular weight excluding hydrogens is 214 g/mol. The number of pyridine rings is 1. The molecule has 1 aliphatic rings. The van der Waals surface area contributed by atoms with Crippen LogP contribution in [0.5, 0.6) is 0 Å². The Kier molecular flexibility index (Phi) is 4.34. The first-order valence-corrected chi connectivity index (χ1v) is 6.25. The zero-order valence-electron chi connectivity index (χ0n) is 10.6. The molecule has 0 bridgehead atoms. The van der Waals surface area contributed by atoms with Crippen molar-refractivity contribution >= 4 is 5.69 Å².